The van der Waals surface area contributed by atoms with Gasteiger partial charge >= 0.3 is 12.8 Å². The Morgan fingerprint density at radius 1 is 0.444 bits per heavy atom. The average molecular weight is 1890 g/mol. The smallest absolute Gasteiger partial charge is 0.494 e. The van der Waals surface area contributed by atoms with Gasteiger partial charge < -0.3 is 64.8 Å². The number of aromatic nitrogens is 20. The number of aryl methyl sites for hydroxylation is 5. The van der Waals surface area contributed by atoms with E-state index < -0.39 is 21.4 Å². The number of nitrogen functional groups attached to an aromatic ring is 1. The number of methoxy groups -OCH3 is 3. The summed E-state index contributed by atoms with van der Waals surface area (Å²) in [4.78, 5) is 70.3. The number of hydrogen-bond donors (Lipinski definition) is 4. The van der Waals surface area contributed by atoms with Crippen LogP contribution in [0.15, 0.2) is 129 Å². The highest BCUT2D eigenvalue weighted by molar-refractivity contribution is 6.62. The van der Waals surface area contributed by atoms with E-state index in [2.05, 4.69) is 101 Å². The molecule has 1 aliphatic heterocycles. The number of nitrogens with two attached hydrogens (primary N) is 1. The van der Waals surface area contributed by atoms with Gasteiger partial charge in [0.2, 0.25) is 34.2 Å². The first-order valence-corrected chi connectivity index (χ1v) is 40.3. The lowest BCUT2D eigenvalue weighted by Gasteiger charge is -2.32. The fraction of sp³-hybridized carbons (Fsp3) is 0.312. The summed E-state index contributed by atoms with van der Waals surface area (Å²) in [5.41, 5.74) is 14.2. The van der Waals surface area contributed by atoms with Gasteiger partial charge in [0.05, 0.1) is 174 Å². The lowest BCUT2D eigenvalue weighted by atomic mass is 9.82. The first-order chi connectivity index (χ1) is 59.5. The summed E-state index contributed by atoms with van der Waals surface area (Å²) in [6.45, 7) is 11.3. The van der Waals surface area contributed by atoms with Crippen LogP contribution in [-0.2, 0) is 44.5 Å². The minimum Gasteiger partial charge on any atom is -0.494 e. The standard InChI is InChI=1S/C20H25ClN8O3.C20H27ClN8O.C15H12ClFN6O3.C10H17BN2O2.C8H6Cl2N4.C4HCl3N2/c1-26(2)6-7-27(3)16-9-18(32-5)15(8-17(16)29(30)31)24-20-22-11-14(21)19(25-20)13-10-23-28(4)12-13;1-27(2)6-7-28(3)17-9-18(30-5)16(8-15(17)22)25-20-23-11-14(21)19(26-20)13-10-24-29(4)12-13;1-22-7-8(5-19-22)14-9(16)6-18-15(21-14)20-11-4-12(23(24)25)10(17)3-13(11)26-2;1-9(2)10(3,4)15-11(14-9)8-6-12-13(5)7-8;1-14-4-5(2-12-14)7-6(9)3-11-8(10)13-7;5-2-1-8-4(7)9-3(2)6/h8-12H,6-7H2,1-5H3,(H,22,24,25);8-12H,6-7,22H2,1-5H3,(H,23,25,26);3-7H,1-2H3,(H,18,20,21);6-7H,1-5H3;2-4H,1H3;1H. The molecule has 0 spiro atoms. The van der Waals surface area contributed by atoms with Gasteiger partial charge in [-0.15, -0.1) is 0 Å². The second-order valence-corrected chi connectivity index (χ2v) is 32.0. The number of nitrogens with one attached hydrogen (secondary N) is 3. The first-order valence-electron chi connectivity index (χ1n) is 37.3. The molecule has 0 unspecified atom stereocenters. The lowest BCUT2D eigenvalue weighted by molar-refractivity contribution is -0.387. The molecule has 1 aliphatic rings. The van der Waals surface area contributed by atoms with Gasteiger partial charge in [0, 0.05) is 171 Å². The maximum absolute atomic E-state index is 13.7. The van der Waals surface area contributed by atoms with Crippen LogP contribution in [0.5, 0.6) is 17.2 Å². The molecule has 126 heavy (non-hydrogen) atoms. The molecule has 13 aromatic rings. The number of nitro benzene ring substituents is 2. The highest BCUT2D eigenvalue weighted by Crippen LogP contribution is 2.42. The van der Waals surface area contributed by atoms with E-state index in [0.29, 0.717) is 100 Å². The van der Waals surface area contributed by atoms with E-state index in [4.69, 9.17) is 122 Å². The van der Waals surface area contributed by atoms with Crippen molar-refractivity contribution in [2.45, 2.75) is 38.9 Å². The number of hydrogen-bond acceptors (Lipinski definition) is 32. The maximum atomic E-state index is 13.7. The molecule has 1 fully saturated rings. The normalized spacial score (nSPS) is 12.2. The van der Waals surface area contributed by atoms with Crippen molar-refractivity contribution >= 4 is 169 Å². The number of anilines is 9. The Morgan fingerprint density at radius 2 is 0.778 bits per heavy atom. The highest BCUT2D eigenvalue weighted by Gasteiger charge is 2.52. The van der Waals surface area contributed by atoms with Crippen LogP contribution in [0.3, 0.4) is 0 Å². The molecular formula is C77H88BCl8FN30O9. The average Bonchev–Trinajstić information content (AvgIpc) is 1.61. The third-order valence-corrected chi connectivity index (χ3v) is 20.5. The van der Waals surface area contributed by atoms with E-state index >= 15 is 0 Å². The van der Waals surface area contributed by atoms with Crippen LogP contribution >= 0.6 is 92.8 Å². The Bertz CT molecular complexity index is 5930. The molecule has 0 radical (unpaired) electrons. The predicted octanol–water partition coefficient (Wildman–Crippen LogP) is 14.7. The summed E-state index contributed by atoms with van der Waals surface area (Å²) in [5, 5.41) is 54.6. The van der Waals surface area contributed by atoms with Gasteiger partial charge in [0.15, 0.2) is 5.15 Å². The van der Waals surface area contributed by atoms with Crippen LogP contribution in [0.4, 0.5) is 67.7 Å². The van der Waals surface area contributed by atoms with Gasteiger partial charge in [0.1, 0.15) is 22.9 Å². The van der Waals surface area contributed by atoms with E-state index in [1.165, 1.54) is 45.1 Å². The molecule has 0 aliphatic carbocycles. The van der Waals surface area contributed by atoms with Gasteiger partial charge in [-0.05, 0) is 85.2 Å². The molecule has 14 rings (SSSR count). The quantitative estimate of drug-likeness (QED) is 0.0109. The van der Waals surface area contributed by atoms with Crippen molar-refractivity contribution in [1.82, 2.24) is 109 Å². The van der Waals surface area contributed by atoms with Crippen molar-refractivity contribution in [3.63, 3.8) is 0 Å². The van der Waals surface area contributed by atoms with Crippen LogP contribution < -0.4 is 51.2 Å². The molecule has 11 heterocycles. The Morgan fingerprint density at radius 3 is 1.13 bits per heavy atom. The molecule has 39 nitrogen and oxygen atoms in total. The number of benzene rings is 3. The zero-order valence-corrected chi connectivity index (χ0v) is 77.4. The van der Waals surface area contributed by atoms with Crippen molar-refractivity contribution in [2.75, 3.05) is 121 Å². The molecule has 0 bridgehead atoms. The molecule has 0 saturated carbocycles. The Balaban J connectivity index is 0.000000178. The largest absolute Gasteiger partial charge is 0.498 e. The van der Waals surface area contributed by atoms with Crippen molar-refractivity contribution in [1.29, 1.82) is 0 Å². The van der Waals surface area contributed by atoms with Crippen LogP contribution in [0.1, 0.15) is 27.7 Å². The first kappa shape index (κ1) is 98.1. The highest BCUT2D eigenvalue weighted by atomic mass is 35.5. The molecule has 0 atom stereocenters. The summed E-state index contributed by atoms with van der Waals surface area (Å²) >= 11 is 46.5. The fourth-order valence-electron chi connectivity index (χ4n) is 11.2. The Hall–Kier alpha value is -11.7. The van der Waals surface area contributed by atoms with Crippen molar-refractivity contribution in [3.05, 3.63) is 196 Å². The molecule has 666 valence electrons. The predicted molar refractivity (Wildman–Crippen MR) is 488 cm³/mol. The van der Waals surface area contributed by atoms with Gasteiger partial charge in [-0.2, -0.15) is 29.9 Å². The zero-order chi connectivity index (χ0) is 92.3. The molecule has 3 aromatic carbocycles. The van der Waals surface area contributed by atoms with E-state index in [0.717, 1.165) is 59.6 Å². The van der Waals surface area contributed by atoms with Crippen LogP contribution in [0.2, 0.25) is 40.8 Å². The van der Waals surface area contributed by atoms with Crippen molar-refractivity contribution in [3.8, 4) is 62.3 Å². The van der Waals surface area contributed by atoms with Crippen molar-refractivity contribution < 1.29 is 37.8 Å². The van der Waals surface area contributed by atoms with Crippen LogP contribution in [0, 0.1) is 26.0 Å². The molecule has 1 saturated heterocycles. The second kappa shape index (κ2) is 43.9. The summed E-state index contributed by atoms with van der Waals surface area (Å²) in [6.07, 6.45) is 24.7. The minimum absolute atomic E-state index is 0.0593. The SMILES string of the molecule is COc1cc(F)c([N+](=O)[O-])cc1Nc1ncc(Cl)c(-c2cnn(C)c2)n1.COc1cc(N(C)CCN(C)C)c(N)cc1Nc1ncc(Cl)c(-c2cnn(C)c2)n1.COc1cc(N(C)CCN(C)C)c([N+](=O)[O-])cc1Nc1ncc(Cl)c(-c2cnn(C)c2)n1.Clc1ncc(Cl)c(Cl)n1.Cn1cc(-c2nc(Cl)ncc2Cl)cn1.Cn1cc(B2OC(C)(C)C(C)(C)O2)cn1. The van der Waals surface area contributed by atoms with Gasteiger partial charge in [0.25, 0.3) is 5.69 Å². The van der Waals surface area contributed by atoms with E-state index in [9.17, 15) is 24.6 Å². The number of halogens is 9. The van der Waals surface area contributed by atoms with Crippen LogP contribution in [0.25, 0.3) is 45.0 Å². The molecule has 5 N–H and O–H groups in total. The van der Waals surface area contributed by atoms with Gasteiger partial charge in [-0.25, -0.2) is 49.8 Å². The summed E-state index contributed by atoms with van der Waals surface area (Å²) in [6, 6.07) is 8.71. The topological polar surface area (TPSA) is 425 Å². The zero-order valence-electron chi connectivity index (χ0n) is 71.3. The second-order valence-electron chi connectivity index (χ2n) is 28.9. The van der Waals surface area contributed by atoms with E-state index in [-0.39, 0.29) is 63.1 Å². The third kappa shape index (κ3) is 26.4. The summed E-state index contributed by atoms with van der Waals surface area (Å²) in [5.74, 6) is 0.813. The monoisotopic (exact) mass is 1890 g/mol. The molecular weight excluding hydrogens is 1800 g/mol. The number of nitro groups is 2. The Kier molecular flexibility index (Phi) is 34.2. The van der Waals surface area contributed by atoms with Crippen molar-refractivity contribution in [2.24, 2.45) is 35.2 Å². The number of likely N-dealkylation sites (N-methyl/N-ethyl adjacent to an activating group) is 4. The summed E-state index contributed by atoms with van der Waals surface area (Å²) in [7, 11) is 25.0. The Labute approximate surface area is 764 Å². The molecule has 49 heteroatoms. The maximum Gasteiger partial charge on any atom is 0.498 e. The van der Waals surface area contributed by atoms with E-state index in [1.807, 2.05) is 125 Å². The van der Waals surface area contributed by atoms with Crippen LogP contribution in [-0.4, -0.2) is 227 Å². The number of nitrogens with zero attached hydrogens (tertiary/aromatic N) is 26. The summed E-state index contributed by atoms with van der Waals surface area (Å²) < 4.78 is 50.0. The number of rotatable bonds is 24. The minimum atomic E-state index is -1.01. The lowest BCUT2D eigenvalue weighted by Crippen LogP contribution is -2.41. The number of ether oxygens (including phenoxy) is 3. The molecule has 10 aromatic heterocycles. The molecule has 0 amide bonds. The van der Waals surface area contributed by atoms with Gasteiger partial charge in [-0.3, -0.25) is 43.6 Å². The third-order valence-electron chi connectivity index (χ3n) is 18.4. The van der Waals surface area contributed by atoms with E-state index in [1.54, 1.807) is 107 Å². The fourth-order valence-corrected chi connectivity index (χ4v) is 12.5. The van der Waals surface area contributed by atoms with Gasteiger partial charge in [-0.1, -0.05) is 69.6 Å².